The Balaban J connectivity index is 2.00. The third-order valence-electron chi connectivity index (χ3n) is 3.55. The van der Waals surface area contributed by atoms with Crippen LogP contribution in [-0.2, 0) is 11.2 Å². The summed E-state index contributed by atoms with van der Waals surface area (Å²) in [5, 5.41) is 6.23. The fourth-order valence-electron chi connectivity index (χ4n) is 2.27. The number of carbonyl (C=O) groups excluding carboxylic acids is 1. The van der Waals surface area contributed by atoms with E-state index in [0.29, 0.717) is 0 Å². The highest BCUT2D eigenvalue weighted by Crippen LogP contribution is 2.18. The minimum absolute atomic E-state index is 0.0559. The maximum Gasteiger partial charge on any atom is 0.249 e. The second kappa shape index (κ2) is 7.12. The molecule has 0 aliphatic heterocycles. The van der Waals surface area contributed by atoms with Crippen molar-refractivity contribution in [1.82, 2.24) is 0 Å². The van der Waals surface area contributed by atoms with Crippen LogP contribution in [0.25, 0.3) is 0 Å². The molecule has 0 atom stereocenters. The van der Waals surface area contributed by atoms with E-state index in [1.807, 2.05) is 56.3 Å². The Kier molecular flexibility index (Phi) is 5.21. The molecule has 2 rings (SSSR count). The highest BCUT2D eigenvalue weighted by Gasteiger charge is 2.27. The van der Waals surface area contributed by atoms with Gasteiger partial charge in [0.05, 0.1) is 0 Å². The number of amides is 1. The van der Waals surface area contributed by atoms with Gasteiger partial charge in [-0.25, -0.2) is 0 Å². The highest BCUT2D eigenvalue weighted by atomic mass is 16.2. The molecule has 0 heterocycles. The molecule has 2 aromatic rings. The average molecular weight is 296 g/mol. The fourth-order valence-corrected chi connectivity index (χ4v) is 2.27. The summed E-state index contributed by atoms with van der Waals surface area (Å²) in [6, 6.07) is 17.8. The molecule has 116 valence electrons. The molecule has 0 saturated carbocycles. The van der Waals surface area contributed by atoms with Gasteiger partial charge in [0.15, 0.2) is 0 Å². The summed E-state index contributed by atoms with van der Waals surface area (Å²) in [7, 11) is 0. The van der Waals surface area contributed by atoms with E-state index in [4.69, 9.17) is 0 Å². The van der Waals surface area contributed by atoms with Crippen LogP contribution in [0.1, 0.15) is 32.8 Å². The molecular formula is C19H24N2O. The van der Waals surface area contributed by atoms with E-state index in [9.17, 15) is 4.79 Å². The lowest BCUT2D eigenvalue weighted by atomic mass is 10.0. The maximum absolute atomic E-state index is 12.5. The molecule has 2 N–H and O–H groups in total. The SMILES string of the molecule is CCCc1ccc(NC(=O)C(C)(C)Nc2ccccc2)cc1. The number of rotatable bonds is 6. The summed E-state index contributed by atoms with van der Waals surface area (Å²) in [6.45, 7) is 5.91. The molecule has 0 aromatic heterocycles. The Hall–Kier alpha value is -2.29. The van der Waals surface area contributed by atoms with Gasteiger partial charge in [-0.2, -0.15) is 0 Å². The minimum Gasteiger partial charge on any atom is -0.372 e. The van der Waals surface area contributed by atoms with Gasteiger partial charge in [-0.15, -0.1) is 0 Å². The van der Waals surface area contributed by atoms with Gasteiger partial charge in [0.2, 0.25) is 5.91 Å². The second-order valence-electron chi connectivity index (χ2n) is 6.02. The van der Waals surface area contributed by atoms with Crippen molar-refractivity contribution < 1.29 is 4.79 Å². The van der Waals surface area contributed by atoms with E-state index in [2.05, 4.69) is 29.7 Å². The van der Waals surface area contributed by atoms with Gasteiger partial charge in [0, 0.05) is 11.4 Å². The Labute approximate surface area is 132 Å². The second-order valence-corrected chi connectivity index (χ2v) is 6.02. The van der Waals surface area contributed by atoms with Crippen LogP contribution in [0.4, 0.5) is 11.4 Å². The molecule has 3 nitrogen and oxygen atoms in total. The Morgan fingerprint density at radius 3 is 2.18 bits per heavy atom. The van der Waals surface area contributed by atoms with Crippen LogP contribution in [0.5, 0.6) is 0 Å². The third-order valence-corrected chi connectivity index (χ3v) is 3.55. The van der Waals surface area contributed by atoms with Gasteiger partial charge in [0.1, 0.15) is 5.54 Å². The number of aryl methyl sites for hydroxylation is 1. The third kappa shape index (κ3) is 4.35. The first-order valence-electron chi connectivity index (χ1n) is 7.75. The molecule has 3 heteroatoms. The standard InChI is InChI=1S/C19H24N2O/c1-4-8-15-11-13-16(14-12-15)20-18(22)19(2,3)21-17-9-6-5-7-10-17/h5-7,9-14,21H,4,8H2,1-3H3,(H,20,22). The quantitative estimate of drug-likeness (QED) is 0.826. The first kappa shape index (κ1) is 16.1. The topological polar surface area (TPSA) is 41.1 Å². The van der Waals surface area contributed by atoms with Gasteiger partial charge in [-0.3, -0.25) is 4.79 Å². The van der Waals surface area contributed by atoms with Crippen molar-refractivity contribution in [1.29, 1.82) is 0 Å². The molecule has 0 unspecified atom stereocenters. The first-order chi connectivity index (χ1) is 10.5. The average Bonchev–Trinajstić information content (AvgIpc) is 2.50. The molecule has 22 heavy (non-hydrogen) atoms. The van der Waals surface area contributed by atoms with Crippen molar-refractivity contribution >= 4 is 17.3 Å². The number of hydrogen-bond donors (Lipinski definition) is 2. The fraction of sp³-hybridized carbons (Fsp3) is 0.316. The number of benzene rings is 2. The predicted molar refractivity (Wildman–Crippen MR) is 93.2 cm³/mol. The van der Waals surface area contributed by atoms with Crippen LogP contribution in [0.2, 0.25) is 0 Å². The maximum atomic E-state index is 12.5. The van der Waals surface area contributed by atoms with Crippen molar-refractivity contribution in [2.75, 3.05) is 10.6 Å². The van der Waals surface area contributed by atoms with E-state index in [-0.39, 0.29) is 5.91 Å². The van der Waals surface area contributed by atoms with E-state index in [1.165, 1.54) is 5.56 Å². The summed E-state index contributed by atoms with van der Waals surface area (Å²) in [5.74, 6) is -0.0559. The van der Waals surface area contributed by atoms with Crippen molar-refractivity contribution in [3.05, 3.63) is 60.2 Å². The zero-order valence-electron chi connectivity index (χ0n) is 13.5. The van der Waals surface area contributed by atoms with Gasteiger partial charge in [-0.05, 0) is 50.1 Å². The lowest BCUT2D eigenvalue weighted by Gasteiger charge is -2.26. The number of para-hydroxylation sites is 1. The highest BCUT2D eigenvalue weighted by molar-refractivity contribution is 5.99. The lowest BCUT2D eigenvalue weighted by molar-refractivity contribution is -0.119. The molecule has 0 spiro atoms. The first-order valence-corrected chi connectivity index (χ1v) is 7.75. The number of carbonyl (C=O) groups is 1. The summed E-state index contributed by atoms with van der Waals surface area (Å²) < 4.78 is 0. The van der Waals surface area contributed by atoms with Gasteiger partial charge in [0.25, 0.3) is 0 Å². The lowest BCUT2D eigenvalue weighted by Crippen LogP contribution is -2.44. The van der Waals surface area contributed by atoms with Crippen LogP contribution < -0.4 is 10.6 Å². The van der Waals surface area contributed by atoms with Crippen LogP contribution in [0.3, 0.4) is 0 Å². The van der Waals surface area contributed by atoms with Crippen molar-refractivity contribution in [3.63, 3.8) is 0 Å². The number of anilines is 2. The van der Waals surface area contributed by atoms with E-state index < -0.39 is 5.54 Å². The molecule has 0 aliphatic carbocycles. The molecule has 1 amide bonds. The summed E-state index contributed by atoms with van der Waals surface area (Å²) in [5.41, 5.74) is 2.36. The van der Waals surface area contributed by atoms with E-state index in [0.717, 1.165) is 24.2 Å². The summed E-state index contributed by atoms with van der Waals surface area (Å²) in [4.78, 5) is 12.5. The van der Waals surface area contributed by atoms with Crippen LogP contribution in [-0.4, -0.2) is 11.4 Å². The normalized spacial score (nSPS) is 11.0. The van der Waals surface area contributed by atoms with Crippen molar-refractivity contribution in [2.24, 2.45) is 0 Å². The van der Waals surface area contributed by atoms with Crippen LogP contribution in [0, 0.1) is 0 Å². The predicted octanol–water partition coefficient (Wildman–Crippen LogP) is 4.47. The molecule has 0 fully saturated rings. The molecule has 0 bridgehead atoms. The molecule has 0 saturated heterocycles. The Morgan fingerprint density at radius 1 is 0.955 bits per heavy atom. The zero-order valence-corrected chi connectivity index (χ0v) is 13.5. The smallest absolute Gasteiger partial charge is 0.249 e. The van der Waals surface area contributed by atoms with E-state index >= 15 is 0 Å². The molecule has 0 aliphatic rings. The van der Waals surface area contributed by atoms with Gasteiger partial charge < -0.3 is 10.6 Å². The van der Waals surface area contributed by atoms with Crippen LogP contribution in [0.15, 0.2) is 54.6 Å². The Bertz CT molecular complexity index is 603. The number of nitrogens with one attached hydrogen (secondary N) is 2. The molecular weight excluding hydrogens is 272 g/mol. The van der Waals surface area contributed by atoms with E-state index in [1.54, 1.807) is 0 Å². The Morgan fingerprint density at radius 2 is 1.59 bits per heavy atom. The minimum atomic E-state index is -0.691. The molecule has 0 radical (unpaired) electrons. The van der Waals surface area contributed by atoms with Gasteiger partial charge >= 0.3 is 0 Å². The van der Waals surface area contributed by atoms with Crippen molar-refractivity contribution in [2.45, 2.75) is 39.2 Å². The van der Waals surface area contributed by atoms with Crippen LogP contribution >= 0.6 is 0 Å². The van der Waals surface area contributed by atoms with Crippen molar-refractivity contribution in [3.8, 4) is 0 Å². The monoisotopic (exact) mass is 296 g/mol. The largest absolute Gasteiger partial charge is 0.372 e. The summed E-state index contributed by atoms with van der Waals surface area (Å²) >= 11 is 0. The molecule has 2 aromatic carbocycles. The number of hydrogen-bond acceptors (Lipinski definition) is 2. The zero-order chi connectivity index (χ0) is 16.0. The van der Waals surface area contributed by atoms with Gasteiger partial charge in [-0.1, -0.05) is 43.7 Å². The summed E-state index contributed by atoms with van der Waals surface area (Å²) in [6.07, 6.45) is 2.19.